The fourth-order valence-corrected chi connectivity index (χ4v) is 2.63. The molecule has 0 bridgehead atoms. The SMILES string of the molecule is CC1=C(C)C(=C([O-])c2ccccc2)P=C1. The Balaban J connectivity index is 2.49. The Morgan fingerprint density at radius 2 is 1.80 bits per heavy atom. The maximum atomic E-state index is 12.1. The summed E-state index contributed by atoms with van der Waals surface area (Å²) in [6.45, 7) is 4.07. The van der Waals surface area contributed by atoms with E-state index in [1.54, 1.807) is 0 Å². The Bertz CT molecular complexity index is 467. The molecule has 1 aromatic rings. The van der Waals surface area contributed by atoms with Crippen LogP contribution in [0.1, 0.15) is 19.4 Å². The molecule has 1 aromatic carbocycles. The van der Waals surface area contributed by atoms with E-state index in [2.05, 4.69) is 5.80 Å². The van der Waals surface area contributed by atoms with Crippen LogP contribution in [0, 0.1) is 0 Å². The molecule has 0 spiro atoms. The normalized spacial score (nSPS) is 19.6. The molecule has 0 fully saturated rings. The topological polar surface area (TPSA) is 23.1 Å². The van der Waals surface area contributed by atoms with Crippen LogP contribution in [0.25, 0.3) is 5.76 Å². The minimum absolute atomic E-state index is 0.155. The lowest BCUT2D eigenvalue weighted by atomic mass is 10.1. The molecule has 0 atom stereocenters. The van der Waals surface area contributed by atoms with Crippen LogP contribution >= 0.6 is 8.20 Å². The summed E-state index contributed by atoms with van der Waals surface area (Å²) in [6.07, 6.45) is 0. The van der Waals surface area contributed by atoms with E-state index in [4.69, 9.17) is 0 Å². The average Bonchev–Trinajstić information content (AvgIpc) is 2.60. The van der Waals surface area contributed by atoms with Crippen molar-refractivity contribution in [2.45, 2.75) is 13.8 Å². The number of benzene rings is 1. The van der Waals surface area contributed by atoms with Crippen LogP contribution in [0.3, 0.4) is 0 Å². The molecule has 1 nitrogen and oxygen atoms in total. The molecule has 0 saturated heterocycles. The molecule has 15 heavy (non-hydrogen) atoms. The van der Waals surface area contributed by atoms with Crippen molar-refractivity contribution < 1.29 is 5.11 Å². The van der Waals surface area contributed by atoms with E-state index < -0.39 is 0 Å². The summed E-state index contributed by atoms with van der Waals surface area (Å²) in [5, 5.41) is 13.0. The molecule has 0 saturated carbocycles. The van der Waals surface area contributed by atoms with Crippen molar-refractivity contribution in [2.24, 2.45) is 0 Å². The summed E-state index contributed by atoms with van der Waals surface area (Å²) >= 11 is 0. The highest BCUT2D eigenvalue weighted by Gasteiger charge is 2.08. The van der Waals surface area contributed by atoms with Crippen molar-refractivity contribution in [3.63, 3.8) is 0 Å². The van der Waals surface area contributed by atoms with E-state index in [0.29, 0.717) is 0 Å². The van der Waals surface area contributed by atoms with Gasteiger partial charge in [-0.05, 0) is 41.7 Å². The molecule has 0 N–H and O–H groups in total. The third-order valence-electron chi connectivity index (χ3n) is 2.59. The molecule has 0 aliphatic carbocycles. The second-order valence-corrected chi connectivity index (χ2v) is 4.57. The lowest BCUT2D eigenvalue weighted by Crippen LogP contribution is -2.04. The van der Waals surface area contributed by atoms with Gasteiger partial charge < -0.3 is 5.11 Å². The summed E-state index contributed by atoms with van der Waals surface area (Å²) in [5.41, 5.74) is 3.13. The zero-order chi connectivity index (χ0) is 10.8. The van der Waals surface area contributed by atoms with Gasteiger partial charge in [0.15, 0.2) is 0 Å². The highest BCUT2D eigenvalue weighted by atomic mass is 31.1. The molecule has 0 aromatic heterocycles. The molecule has 1 heterocycles. The molecular weight excluding hydrogens is 203 g/mol. The van der Waals surface area contributed by atoms with Gasteiger partial charge in [0.2, 0.25) is 0 Å². The zero-order valence-electron chi connectivity index (χ0n) is 8.82. The summed E-state index contributed by atoms with van der Waals surface area (Å²) in [6, 6.07) is 9.45. The van der Waals surface area contributed by atoms with Crippen molar-refractivity contribution in [1.29, 1.82) is 0 Å². The van der Waals surface area contributed by atoms with Crippen molar-refractivity contribution in [1.82, 2.24) is 0 Å². The van der Waals surface area contributed by atoms with Crippen molar-refractivity contribution in [3.05, 3.63) is 52.4 Å². The quantitative estimate of drug-likeness (QED) is 0.521. The van der Waals surface area contributed by atoms with Crippen LogP contribution < -0.4 is 5.11 Å². The molecule has 76 valence electrons. The van der Waals surface area contributed by atoms with E-state index in [1.165, 1.54) is 5.57 Å². The van der Waals surface area contributed by atoms with Crippen LogP contribution in [-0.2, 0) is 0 Å². The van der Waals surface area contributed by atoms with E-state index in [9.17, 15) is 5.11 Å². The second-order valence-electron chi connectivity index (χ2n) is 3.61. The first-order valence-corrected chi connectivity index (χ1v) is 5.85. The smallest absolute Gasteiger partial charge is 0.00230 e. The molecule has 2 heteroatoms. The average molecular weight is 215 g/mol. The van der Waals surface area contributed by atoms with Crippen molar-refractivity contribution >= 4 is 19.8 Å². The van der Waals surface area contributed by atoms with Crippen LogP contribution in [0.2, 0.25) is 0 Å². The van der Waals surface area contributed by atoms with E-state index >= 15 is 0 Å². The number of rotatable bonds is 1. The summed E-state index contributed by atoms with van der Waals surface area (Å²) in [7, 11) is 1.03. The van der Waals surface area contributed by atoms with Gasteiger partial charge in [-0.3, -0.25) is 0 Å². The third kappa shape index (κ3) is 1.88. The fraction of sp³-hybridized carbons (Fsp3) is 0.154. The Morgan fingerprint density at radius 1 is 1.13 bits per heavy atom. The van der Waals surface area contributed by atoms with Crippen molar-refractivity contribution in [2.75, 3.05) is 0 Å². The monoisotopic (exact) mass is 215 g/mol. The first-order valence-electron chi connectivity index (χ1n) is 4.89. The van der Waals surface area contributed by atoms with Crippen LogP contribution in [0.15, 0.2) is 46.8 Å². The lowest BCUT2D eigenvalue weighted by Gasteiger charge is -2.16. The molecule has 2 rings (SSSR count). The Kier molecular flexibility index (Phi) is 2.75. The molecule has 0 amide bonds. The van der Waals surface area contributed by atoms with Crippen LogP contribution in [-0.4, -0.2) is 5.80 Å². The number of hydrogen-bond donors (Lipinski definition) is 0. The third-order valence-corrected chi connectivity index (χ3v) is 3.90. The largest absolute Gasteiger partial charge is 0.871 e. The van der Waals surface area contributed by atoms with Gasteiger partial charge in [-0.15, -0.1) is 0 Å². The van der Waals surface area contributed by atoms with Gasteiger partial charge in [0.05, 0.1) is 0 Å². The Labute approximate surface area is 91.6 Å². The van der Waals surface area contributed by atoms with Gasteiger partial charge in [-0.25, -0.2) is 0 Å². The second kappa shape index (κ2) is 4.04. The summed E-state index contributed by atoms with van der Waals surface area (Å²) in [5.74, 6) is 2.24. The van der Waals surface area contributed by atoms with Gasteiger partial charge in [-0.2, -0.15) is 0 Å². The molecular formula is C13H12OP-. The van der Waals surface area contributed by atoms with Crippen LogP contribution in [0.5, 0.6) is 0 Å². The summed E-state index contributed by atoms with van der Waals surface area (Å²) in [4.78, 5) is 0. The van der Waals surface area contributed by atoms with Gasteiger partial charge in [0.1, 0.15) is 0 Å². The predicted octanol–water partition coefficient (Wildman–Crippen LogP) is 2.81. The lowest BCUT2D eigenvalue weighted by molar-refractivity contribution is -0.244. The van der Waals surface area contributed by atoms with Crippen LogP contribution in [0.4, 0.5) is 0 Å². The highest BCUT2D eigenvalue weighted by Crippen LogP contribution is 2.35. The standard InChI is InChI=1S/C13H13OP/c1-9-8-15-13(10(9)2)12(14)11-6-4-3-5-7-11/h3-8,14H,1-2H3/p-1. The van der Waals surface area contributed by atoms with Gasteiger partial charge in [0, 0.05) is 0 Å². The Hall–Kier alpha value is -1.33. The maximum absolute atomic E-state index is 12.1. The highest BCUT2D eigenvalue weighted by molar-refractivity contribution is 7.45. The van der Waals surface area contributed by atoms with E-state index in [-0.39, 0.29) is 5.76 Å². The maximum Gasteiger partial charge on any atom is -0.00230 e. The molecule has 0 unspecified atom stereocenters. The zero-order valence-corrected chi connectivity index (χ0v) is 9.71. The van der Waals surface area contributed by atoms with Gasteiger partial charge in [0.25, 0.3) is 0 Å². The van der Waals surface area contributed by atoms with E-state index in [0.717, 1.165) is 24.7 Å². The summed E-state index contributed by atoms with van der Waals surface area (Å²) < 4.78 is 0. The first kappa shape index (κ1) is 10.2. The number of allylic oxidation sites excluding steroid dienone is 3. The molecule has 1 aliphatic rings. The Morgan fingerprint density at radius 3 is 2.33 bits per heavy atom. The van der Waals surface area contributed by atoms with Gasteiger partial charge >= 0.3 is 0 Å². The minimum Gasteiger partial charge on any atom is -0.871 e. The number of hydrogen-bond acceptors (Lipinski definition) is 1. The van der Waals surface area contributed by atoms with E-state index in [1.807, 2.05) is 44.2 Å². The first-order chi connectivity index (χ1) is 7.20. The molecule has 1 aliphatic heterocycles. The fourth-order valence-electron chi connectivity index (χ4n) is 1.50. The predicted molar refractivity (Wildman–Crippen MR) is 64.7 cm³/mol. The minimum atomic E-state index is 0.155. The van der Waals surface area contributed by atoms with Crippen molar-refractivity contribution in [3.8, 4) is 0 Å². The molecule has 0 radical (unpaired) electrons. The van der Waals surface area contributed by atoms with Gasteiger partial charge in [-0.1, -0.05) is 44.3 Å².